The first-order valence-electron chi connectivity index (χ1n) is 11.1. The molecule has 0 spiro atoms. The van der Waals surface area contributed by atoms with Gasteiger partial charge in [-0.2, -0.15) is 13.2 Å². The minimum atomic E-state index is -4.69. The maximum Gasteiger partial charge on any atom is 0.416 e. The average Bonchev–Trinajstić information content (AvgIpc) is 3.64. The third-order valence-electron chi connectivity index (χ3n) is 5.76. The smallest absolute Gasteiger partial charge is 0.416 e. The lowest BCUT2D eigenvalue weighted by molar-refractivity contribution is -0.138. The van der Waals surface area contributed by atoms with Crippen molar-refractivity contribution in [2.75, 3.05) is 10.6 Å². The molecular formula is C26H22F3N3O4. The standard InChI is InChI=1S/C26H22F3N3O4/c1-14-9-17(7-8-30-14)16-3-2-4-18(10-16)23(33)13-24(34)31-22-12-20(26(27,28)29)19(15-5-6-15)11-21(22)32-25(35)36/h2-4,7-12,15,32H,5-6,13H2,1H3,(H,31,34)(H,35,36). The molecule has 186 valence electrons. The molecule has 3 aromatic rings. The molecule has 2 aromatic carbocycles. The maximum atomic E-state index is 13.7. The average molecular weight is 497 g/mol. The molecule has 2 amide bonds. The summed E-state index contributed by atoms with van der Waals surface area (Å²) < 4.78 is 41.0. The van der Waals surface area contributed by atoms with Crippen molar-refractivity contribution in [3.63, 3.8) is 0 Å². The quantitative estimate of drug-likeness (QED) is 0.264. The molecule has 1 heterocycles. The largest absolute Gasteiger partial charge is 0.465 e. The lowest BCUT2D eigenvalue weighted by atomic mass is 9.99. The number of pyridine rings is 1. The second-order valence-electron chi connectivity index (χ2n) is 8.60. The van der Waals surface area contributed by atoms with Gasteiger partial charge in [-0.05, 0) is 72.7 Å². The lowest BCUT2D eigenvalue weighted by Gasteiger charge is -2.18. The van der Waals surface area contributed by atoms with Crippen LogP contribution in [0.4, 0.5) is 29.3 Å². The van der Waals surface area contributed by atoms with Crippen LogP contribution in [0.3, 0.4) is 0 Å². The van der Waals surface area contributed by atoms with Crippen LogP contribution in [-0.4, -0.2) is 27.9 Å². The number of rotatable bonds is 7. The Morgan fingerprint density at radius 2 is 1.69 bits per heavy atom. The number of Topliss-reactive ketones (excluding diaryl/α,β-unsaturated/α-hetero) is 1. The summed E-state index contributed by atoms with van der Waals surface area (Å²) in [7, 11) is 0. The fourth-order valence-corrected chi connectivity index (χ4v) is 3.96. The number of aromatic nitrogens is 1. The van der Waals surface area contributed by atoms with E-state index in [1.165, 1.54) is 6.07 Å². The first kappa shape index (κ1) is 24.9. The van der Waals surface area contributed by atoms with Gasteiger partial charge in [0.25, 0.3) is 0 Å². The van der Waals surface area contributed by atoms with Crippen LogP contribution in [0, 0.1) is 6.92 Å². The van der Waals surface area contributed by atoms with Crippen LogP contribution < -0.4 is 10.6 Å². The van der Waals surface area contributed by atoms with Crippen LogP contribution in [0.15, 0.2) is 54.7 Å². The van der Waals surface area contributed by atoms with Crippen LogP contribution in [0.25, 0.3) is 11.1 Å². The second-order valence-corrected chi connectivity index (χ2v) is 8.60. The molecule has 1 fully saturated rings. The monoisotopic (exact) mass is 497 g/mol. The third kappa shape index (κ3) is 5.88. The maximum absolute atomic E-state index is 13.7. The molecule has 3 N–H and O–H groups in total. The molecule has 1 saturated carbocycles. The molecule has 0 atom stereocenters. The van der Waals surface area contributed by atoms with Gasteiger partial charge in [-0.25, -0.2) is 4.79 Å². The normalized spacial score (nSPS) is 13.2. The molecule has 0 saturated heterocycles. The summed E-state index contributed by atoms with van der Waals surface area (Å²) in [4.78, 5) is 40.8. The van der Waals surface area contributed by atoms with Crippen molar-refractivity contribution in [2.45, 2.75) is 38.3 Å². The van der Waals surface area contributed by atoms with Gasteiger partial charge >= 0.3 is 12.3 Å². The minimum absolute atomic E-state index is 0.0245. The number of anilines is 2. The number of benzene rings is 2. The molecule has 10 heteroatoms. The predicted molar refractivity (Wildman–Crippen MR) is 127 cm³/mol. The molecule has 1 aromatic heterocycles. The van der Waals surface area contributed by atoms with E-state index in [1.54, 1.807) is 30.5 Å². The van der Waals surface area contributed by atoms with Crippen molar-refractivity contribution in [1.29, 1.82) is 0 Å². The Morgan fingerprint density at radius 1 is 1.00 bits per heavy atom. The zero-order valence-corrected chi connectivity index (χ0v) is 19.1. The molecule has 7 nitrogen and oxygen atoms in total. The summed E-state index contributed by atoms with van der Waals surface area (Å²) in [6.07, 6.45) is -4.06. The fraction of sp³-hybridized carbons (Fsp3) is 0.231. The van der Waals surface area contributed by atoms with Gasteiger partial charge in [0.05, 0.1) is 23.4 Å². The highest BCUT2D eigenvalue weighted by atomic mass is 19.4. The third-order valence-corrected chi connectivity index (χ3v) is 5.76. The van der Waals surface area contributed by atoms with Gasteiger partial charge in [0.15, 0.2) is 5.78 Å². The Bertz CT molecular complexity index is 1350. The number of carboxylic acid groups (broad SMARTS) is 1. The van der Waals surface area contributed by atoms with Gasteiger partial charge in [0.2, 0.25) is 5.91 Å². The van der Waals surface area contributed by atoms with E-state index in [4.69, 9.17) is 5.11 Å². The van der Waals surface area contributed by atoms with Crippen LogP contribution >= 0.6 is 0 Å². The van der Waals surface area contributed by atoms with Crippen LogP contribution in [0.5, 0.6) is 0 Å². The first-order valence-corrected chi connectivity index (χ1v) is 11.1. The number of alkyl halides is 3. The highest BCUT2D eigenvalue weighted by molar-refractivity contribution is 6.12. The highest BCUT2D eigenvalue weighted by Crippen LogP contribution is 2.48. The van der Waals surface area contributed by atoms with Crippen LogP contribution in [0.1, 0.15) is 52.4 Å². The first-order chi connectivity index (χ1) is 17.0. The van der Waals surface area contributed by atoms with Crippen molar-refractivity contribution in [1.82, 2.24) is 4.98 Å². The van der Waals surface area contributed by atoms with Crippen LogP contribution in [0.2, 0.25) is 0 Å². The van der Waals surface area contributed by atoms with Gasteiger partial charge < -0.3 is 10.4 Å². The summed E-state index contributed by atoms with van der Waals surface area (Å²) in [5, 5.41) is 13.4. The zero-order chi connectivity index (χ0) is 26.0. The predicted octanol–water partition coefficient (Wildman–Crippen LogP) is 6.25. The van der Waals surface area contributed by atoms with Gasteiger partial charge in [-0.1, -0.05) is 18.2 Å². The van der Waals surface area contributed by atoms with E-state index in [-0.39, 0.29) is 28.4 Å². The zero-order valence-electron chi connectivity index (χ0n) is 19.1. The fourth-order valence-electron chi connectivity index (χ4n) is 3.96. The Hall–Kier alpha value is -4.21. The number of carbonyl (C=O) groups excluding carboxylic acids is 2. The van der Waals surface area contributed by atoms with E-state index < -0.39 is 35.9 Å². The summed E-state index contributed by atoms with van der Waals surface area (Å²) in [5.41, 5.74) is 1.10. The van der Waals surface area contributed by atoms with Gasteiger partial charge in [-0.15, -0.1) is 0 Å². The number of aryl methyl sites for hydroxylation is 1. The van der Waals surface area contributed by atoms with Gasteiger partial charge in [0.1, 0.15) is 0 Å². The Kier molecular flexibility index (Phi) is 6.78. The van der Waals surface area contributed by atoms with Crippen molar-refractivity contribution >= 4 is 29.2 Å². The number of nitrogens with one attached hydrogen (secondary N) is 2. The summed E-state index contributed by atoms with van der Waals surface area (Å²) >= 11 is 0. The topological polar surface area (TPSA) is 108 Å². The minimum Gasteiger partial charge on any atom is -0.465 e. The highest BCUT2D eigenvalue weighted by Gasteiger charge is 2.39. The van der Waals surface area contributed by atoms with Gasteiger partial charge in [-0.3, -0.25) is 19.9 Å². The second kappa shape index (κ2) is 9.80. The van der Waals surface area contributed by atoms with E-state index in [9.17, 15) is 27.6 Å². The lowest BCUT2D eigenvalue weighted by Crippen LogP contribution is -2.20. The van der Waals surface area contributed by atoms with Crippen LogP contribution in [-0.2, 0) is 11.0 Å². The number of hydrogen-bond acceptors (Lipinski definition) is 4. The van der Waals surface area contributed by atoms with Crippen molar-refractivity contribution < 1.29 is 32.7 Å². The molecule has 36 heavy (non-hydrogen) atoms. The van der Waals surface area contributed by atoms with E-state index in [0.717, 1.165) is 22.9 Å². The van der Waals surface area contributed by atoms with E-state index in [2.05, 4.69) is 10.3 Å². The molecule has 0 unspecified atom stereocenters. The molecule has 0 aliphatic heterocycles. The van der Waals surface area contributed by atoms with Crippen molar-refractivity contribution in [3.05, 3.63) is 77.1 Å². The van der Waals surface area contributed by atoms with Gasteiger partial charge in [0, 0.05) is 17.5 Å². The number of nitrogens with zero attached hydrogens (tertiary/aromatic N) is 1. The summed E-state index contributed by atoms with van der Waals surface area (Å²) in [6.45, 7) is 1.83. The number of amides is 2. The molecule has 0 bridgehead atoms. The van der Waals surface area contributed by atoms with E-state index in [1.807, 2.05) is 18.3 Å². The summed E-state index contributed by atoms with van der Waals surface area (Å²) in [6, 6.07) is 12.1. The molecule has 1 aliphatic carbocycles. The number of hydrogen-bond donors (Lipinski definition) is 3. The van der Waals surface area contributed by atoms with E-state index >= 15 is 0 Å². The molecule has 0 radical (unpaired) electrons. The van der Waals surface area contributed by atoms with E-state index in [0.29, 0.717) is 18.9 Å². The Balaban J connectivity index is 1.56. The summed E-state index contributed by atoms with van der Waals surface area (Å²) in [5.74, 6) is -1.73. The number of carbonyl (C=O) groups is 3. The number of ketones is 1. The number of halogens is 3. The van der Waals surface area contributed by atoms with Crippen molar-refractivity contribution in [3.8, 4) is 11.1 Å². The molecule has 4 rings (SSSR count). The van der Waals surface area contributed by atoms with Crippen molar-refractivity contribution in [2.24, 2.45) is 0 Å². The Labute approximate surface area is 204 Å². The Morgan fingerprint density at radius 3 is 2.33 bits per heavy atom. The molecular weight excluding hydrogens is 475 g/mol. The molecule has 1 aliphatic rings. The SMILES string of the molecule is Cc1cc(-c2cccc(C(=O)CC(=O)Nc3cc(C(F)(F)F)c(C4CC4)cc3NC(=O)O)c2)ccn1.